The molecule has 10 nitrogen and oxygen atoms in total. The maximum Gasteiger partial charge on any atom is 0.229 e. The molecule has 1 aliphatic heterocycles. The van der Waals surface area contributed by atoms with Crippen molar-refractivity contribution in [2.24, 2.45) is 0 Å². The number of methoxy groups -OCH3 is 1. The van der Waals surface area contributed by atoms with Crippen molar-refractivity contribution in [3.05, 3.63) is 6.20 Å². The van der Waals surface area contributed by atoms with Crippen LogP contribution < -0.4 is 10.5 Å². The summed E-state index contributed by atoms with van der Waals surface area (Å²) in [5, 5.41) is 33.5. The van der Waals surface area contributed by atoms with Gasteiger partial charge in [-0.15, -0.1) is 0 Å². The summed E-state index contributed by atoms with van der Waals surface area (Å²) in [6.45, 7) is -0.422. The summed E-state index contributed by atoms with van der Waals surface area (Å²) < 4.78 is 11.8. The molecule has 5 N–H and O–H groups in total. The number of anilines is 1. The van der Waals surface area contributed by atoms with Crippen molar-refractivity contribution in [3.8, 4) is 5.88 Å². The highest BCUT2D eigenvalue weighted by Crippen LogP contribution is 2.32. The van der Waals surface area contributed by atoms with E-state index in [-0.39, 0.29) is 11.8 Å². The molecule has 2 aromatic heterocycles. The molecule has 3 heterocycles. The van der Waals surface area contributed by atoms with Crippen molar-refractivity contribution < 1.29 is 24.8 Å². The van der Waals surface area contributed by atoms with Gasteiger partial charge in [-0.3, -0.25) is 0 Å². The molecular weight excluding hydrogens is 282 g/mol. The Morgan fingerprint density at radius 1 is 1.38 bits per heavy atom. The highest BCUT2D eigenvalue weighted by Gasteiger charge is 2.44. The van der Waals surface area contributed by atoms with E-state index in [0.29, 0.717) is 11.0 Å². The zero-order valence-corrected chi connectivity index (χ0v) is 11.1. The second-order valence-corrected chi connectivity index (χ2v) is 4.65. The van der Waals surface area contributed by atoms with E-state index in [1.165, 1.54) is 18.0 Å². The van der Waals surface area contributed by atoms with Crippen LogP contribution in [0.4, 0.5) is 5.95 Å². The van der Waals surface area contributed by atoms with Crippen molar-refractivity contribution >= 4 is 17.0 Å². The fourth-order valence-corrected chi connectivity index (χ4v) is 2.34. The molecule has 0 aromatic carbocycles. The first-order valence-electron chi connectivity index (χ1n) is 6.24. The number of nitrogens with two attached hydrogens (primary N) is 1. The Labute approximate surface area is 118 Å². The molecule has 10 heteroatoms. The molecule has 4 atom stereocenters. The summed E-state index contributed by atoms with van der Waals surface area (Å²) in [4.78, 5) is 7.97. The van der Waals surface area contributed by atoms with Crippen LogP contribution >= 0.6 is 0 Å². The van der Waals surface area contributed by atoms with Crippen molar-refractivity contribution in [3.63, 3.8) is 0 Å². The summed E-state index contributed by atoms with van der Waals surface area (Å²) in [6, 6.07) is 0. The molecule has 1 fully saturated rings. The van der Waals surface area contributed by atoms with Gasteiger partial charge in [-0.25, -0.2) is 4.68 Å². The van der Waals surface area contributed by atoms with Gasteiger partial charge in [0.05, 0.1) is 19.9 Å². The molecule has 0 saturated carbocycles. The predicted molar refractivity (Wildman–Crippen MR) is 69.3 cm³/mol. The Kier molecular flexibility index (Phi) is 3.37. The maximum absolute atomic E-state index is 10.0. The molecule has 1 saturated heterocycles. The minimum atomic E-state index is -1.26. The molecule has 0 amide bonds. The van der Waals surface area contributed by atoms with Crippen molar-refractivity contribution in [1.82, 2.24) is 19.7 Å². The Bertz CT molecular complexity index is 662. The van der Waals surface area contributed by atoms with Gasteiger partial charge in [0.1, 0.15) is 23.7 Å². The number of aliphatic hydroxyl groups excluding tert-OH is 3. The van der Waals surface area contributed by atoms with E-state index in [0.717, 1.165) is 0 Å². The van der Waals surface area contributed by atoms with Crippen LogP contribution in [0.3, 0.4) is 0 Å². The molecule has 0 radical (unpaired) electrons. The molecule has 3 rings (SSSR count). The van der Waals surface area contributed by atoms with Crippen LogP contribution in [0.25, 0.3) is 11.0 Å². The van der Waals surface area contributed by atoms with E-state index >= 15 is 0 Å². The summed E-state index contributed by atoms with van der Waals surface area (Å²) in [5.41, 5.74) is 5.91. The normalized spacial score (nSPS) is 29.1. The quantitative estimate of drug-likeness (QED) is 0.506. The number of aromatic nitrogens is 4. The van der Waals surface area contributed by atoms with E-state index < -0.39 is 31.1 Å². The van der Waals surface area contributed by atoms with E-state index in [1.54, 1.807) is 0 Å². The second kappa shape index (κ2) is 5.07. The number of fused-ring (bicyclic) bond motifs is 1. The van der Waals surface area contributed by atoms with Crippen LogP contribution in [0.2, 0.25) is 0 Å². The minimum Gasteiger partial charge on any atom is -0.480 e. The Morgan fingerprint density at radius 3 is 2.76 bits per heavy atom. The first-order chi connectivity index (χ1) is 10.1. The summed E-state index contributed by atoms with van der Waals surface area (Å²) in [5.74, 6) is 0.225. The van der Waals surface area contributed by atoms with E-state index in [2.05, 4.69) is 15.1 Å². The lowest BCUT2D eigenvalue weighted by Crippen LogP contribution is -2.33. The molecule has 21 heavy (non-hydrogen) atoms. The third-order valence-electron chi connectivity index (χ3n) is 3.39. The van der Waals surface area contributed by atoms with Gasteiger partial charge < -0.3 is 30.5 Å². The molecule has 2 aromatic rings. The van der Waals surface area contributed by atoms with Crippen molar-refractivity contribution in [1.29, 1.82) is 0 Å². The zero-order valence-electron chi connectivity index (χ0n) is 11.1. The minimum absolute atomic E-state index is 0.0205. The van der Waals surface area contributed by atoms with Crippen LogP contribution in [0.1, 0.15) is 6.23 Å². The average molecular weight is 297 g/mol. The van der Waals surface area contributed by atoms with Gasteiger partial charge in [-0.05, 0) is 0 Å². The van der Waals surface area contributed by atoms with Gasteiger partial charge in [-0.1, -0.05) is 0 Å². The zero-order chi connectivity index (χ0) is 15.1. The van der Waals surface area contributed by atoms with E-state index in [4.69, 9.17) is 20.3 Å². The molecule has 0 spiro atoms. The lowest BCUT2D eigenvalue weighted by molar-refractivity contribution is -0.0566. The third-order valence-corrected chi connectivity index (χ3v) is 3.39. The molecule has 0 aliphatic carbocycles. The fraction of sp³-hybridized carbons (Fsp3) is 0.545. The lowest BCUT2D eigenvalue weighted by Gasteiger charge is -2.15. The van der Waals surface area contributed by atoms with Crippen molar-refractivity contribution in [2.45, 2.75) is 24.5 Å². The highest BCUT2D eigenvalue weighted by molar-refractivity contribution is 5.81. The first kappa shape index (κ1) is 13.9. The van der Waals surface area contributed by atoms with Crippen LogP contribution in [0.5, 0.6) is 5.88 Å². The molecule has 114 valence electrons. The smallest absolute Gasteiger partial charge is 0.229 e. The van der Waals surface area contributed by atoms with Gasteiger partial charge in [0, 0.05) is 0 Å². The number of aliphatic hydroxyl groups is 3. The van der Waals surface area contributed by atoms with Crippen LogP contribution in [-0.4, -0.2) is 67.1 Å². The molecule has 1 aliphatic rings. The number of hydrogen-bond acceptors (Lipinski definition) is 9. The third kappa shape index (κ3) is 2.08. The van der Waals surface area contributed by atoms with Crippen molar-refractivity contribution in [2.75, 3.05) is 19.5 Å². The number of rotatable bonds is 3. The lowest BCUT2D eigenvalue weighted by atomic mass is 10.1. The predicted octanol–water partition coefficient (Wildman–Crippen LogP) is -1.97. The first-order valence-corrected chi connectivity index (χ1v) is 6.24. The van der Waals surface area contributed by atoms with Gasteiger partial charge in [0.2, 0.25) is 11.8 Å². The monoisotopic (exact) mass is 297 g/mol. The number of ether oxygens (including phenoxy) is 2. The Balaban J connectivity index is 2.07. The van der Waals surface area contributed by atoms with Crippen LogP contribution in [0, 0.1) is 0 Å². The Hall–Kier alpha value is -2.01. The molecule has 0 bridgehead atoms. The topological polar surface area (TPSA) is 149 Å². The second-order valence-electron chi connectivity index (χ2n) is 4.65. The Morgan fingerprint density at radius 2 is 2.14 bits per heavy atom. The summed E-state index contributed by atoms with van der Waals surface area (Å²) in [7, 11) is 1.44. The molecular formula is C11H15N5O5. The molecule has 1 unspecified atom stereocenters. The highest BCUT2D eigenvalue weighted by atomic mass is 16.6. The van der Waals surface area contributed by atoms with E-state index in [1.807, 2.05) is 0 Å². The standard InChI is InChI=1S/C11H15N5O5/c1-20-9-4-2-13-16(8(4)14-11(12)15-9)10-7(19)6(18)5(3-17)21-10/h2,5-7,10,17-19H,3H2,1H3,(H2,12,14,15)/t5-,6?,7+,10-/m1/s1. The van der Waals surface area contributed by atoms with E-state index in [9.17, 15) is 10.2 Å². The fourth-order valence-electron chi connectivity index (χ4n) is 2.34. The van der Waals surface area contributed by atoms with Gasteiger partial charge >= 0.3 is 0 Å². The summed E-state index contributed by atoms with van der Waals surface area (Å²) >= 11 is 0. The van der Waals surface area contributed by atoms with Crippen LogP contribution in [0.15, 0.2) is 6.20 Å². The number of nitrogens with zero attached hydrogens (tertiary/aromatic N) is 4. The number of hydrogen-bond donors (Lipinski definition) is 4. The van der Waals surface area contributed by atoms with Gasteiger partial charge in [0.25, 0.3) is 0 Å². The van der Waals surface area contributed by atoms with Gasteiger partial charge in [0.15, 0.2) is 11.9 Å². The largest absolute Gasteiger partial charge is 0.480 e. The SMILES string of the molecule is COc1nc(N)nc2c1cnn2[C@@H]1O[C@H](CO)C(O)[C@@H]1O. The van der Waals surface area contributed by atoms with Gasteiger partial charge in [-0.2, -0.15) is 15.1 Å². The summed E-state index contributed by atoms with van der Waals surface area (Å²) in [6.07, 6.45) is -2.92. The average Bonchev–Trinajstić information content (AvgIpc) is 3.01. The van der Waals surface area contributed by atoms with Crippen LogP contribution in [-0.2, 0) is 4.74 Å². The number of nitrogen functional groups attached to an aromatic ring is 1. The maximum atomic E-state index is 10.0.